The number of carbonyl (C=O) groups is 2. The number of nitrogens with one attached hydrogen (secondary N) is 1. The fourth-order valence-electron chi connectivity index (χ4n) is 5.88. The second kappa shape index (κ2) is 11.0. The highest BCUT2D eigenvalue weighted by Crippen LogP contribution is 2.41. The van der Waals surface area contributed by atoms with Crippen molar-refractivity contribution < 1.29 is 22.8 Å². The van der Waals surface area contributed by atoms with Crippen molar-refractivity contribution in [2.75, 3.05) is 0 Å². The van der Waals surface area contributed by atoms with E-state index in [-0.39, 0.29) is 41.8 Å². The lowest BCUT2D eigenvalue weighted by Gasteiger charge is -2.41. The Balaban J connectivity index is 1.22. The van der Waals surface area contributed by atoms with Gasteiger partial charge in [-0.15, -0.1) is 0 Å². The molecule has 3 aromatic carbocycles. The van der Waals surface area contributed by atoms with Gasteiger partial charge in [0.05, 0.1) is 0 Å². The molecule has 2 unspecified atom stereocenters. The number of fused-ring (bicyclic) bond motifs is 2. The van der Waals surface area contributed by atoms with E-state index in [1.165, 1.54) is 0 Å². The molecule has 2 bridgehead atoms. The van der Waals surface area contributed by atoms with Crippen LogP contribution in [0, 0.1) is 23.4 Å². The molecule has 0 aliphatic carbocycles. The van der Waals surface area contributed by atoms with Gasteiger partial charge in [-0.2, -0.15) is 0 Å². The average Bonchev–Trinajstić information content (AvgIpc) is 3.19. The lowest BCUT2D eigenvalue weighted by molar-refractivity contribution is 0.0499. The predicted octanol–water partition coefficient (Wildman–Crippen LogP) is 4.99. The highest BCUT2D eigenvalue weighted by Gasteiger charge is 2.44. The Bertz CT molecular complexity index is 1320. The zero-order valence-corrected chi connectivity index (χ0v) is 20.9. The number of rotatable bonds is 7. The molecule has 0 aromatic heterocycles. The fraction of sp³-hybridized carbons (Fsp3) is 0.333. The van der Waals surface area contributed by atoms with E-state index in [1.54, 1.807) is 30.3 Å². The van der Waals surface area contributed by atoms with Gasteiger partial charge >= 0.3 is 0 Å². The summed E-state index contributed by atoms with van der Waals surface area (Å²) in [6.45, 7) is 0.305. The van der Waals surface area contributed by atoms with E-state index >= 15 is 0 Å². The maximum absolute atomic E-state index is 14.2. The number of hydrogen-bond donors (Lipinski definition) is 2. The van der Waals surface area contributed by atoms with Crippen LogP contribution < -0.4 is 11.1 Å². The van der Waals surface area contributed by atoms with Gasteiger partial charge in [0.15, 0.2) is 11.6 Å². The summed E-state index contributed by atoms with van der Waals surface area (Å²) in [6, 6.07) is 17.3. The van der Waals surface area contributed by atoms with E-state index in [2.05, 4.69) is 5.32 Å². The number of amides is 2. The van der Waals surface area contributed by atoms with Gasteiger partial charge in [-0.05, 0) is 79.5 Å². The zero-order valence-electron chi connectivity index (χ0n) is 20.9. The normalized spacial score (nSPS) is 21.3. The van der Waals surface area contributed by atoms with E-state index in [0.29, 0.717) is 36.6 Å². The van der Waals surface area contributed by atoms with Crippen molar-refractivity contribution in [3.8, 4) is 0 Å². The molecule has 4 atom stereocenters. The van der Waals surface area contributed by atoms with Crippen LogP contribution in [0.1, 0.15) is 57.5 Å². The van der Waals surface area contributed by atoms with Crippen LogP contribution in [0.25, 0.3) is 0 Å². The standard InChI is InChI=1S/C30H30F3N3O2/c31-25-16-27(33)26(32)14-21(25)15-28(34)22-12-23-9-10-24(13-22)36(23)30(38)20-8-4-5-18(11-20)17-35-29(37)19-6-2-1-3-7-19/h1-8,11,14,16,22-24,28H,9-10,12-13,15,17,34H2,(H,35,37)/t22?,23-,24?,28-/m1/s1. The summed E-state index contributed by atoms with van der Waals surface area (Å²) in [5, 5.41) is 2.89. The van der Waals surface area contributed by atoms with Crippen molar-refractivity contribution in [1.29, 1.82) is 0 Å². The summed E-state index contributed by atoms with van der Waals surface area (Å²) in [7, 11) is 0. The summed E-state index contributed by atoms with van der Waals surface area (Å²) in [5.41, 5.74) is 8.46. The van der Waals surface area contributed by atoms with Crippen LogP contribution in [0.15, 0.2) is 66.7 Å². The van der Waals surface area contributed by atoms with Crippen LogP contribution in [-0.2, 0) is 13.0 Å². The Morgan fingerprint density at radius 2 is 1.53 bits per heavy atom. The molecule has 2 saturated heterocycles. The van der Waals surface area contributed by atoms with E-state index in [1.807, 2.05) is 29.2 Å². The summed E-state index contributed by atoms with van der Waals surface area (Å²) in [4.78, 5) is 27.9. The first-order chi connectivity index (χ1) is 18.3. The highest BCUT2D eigenvalue weighted by atomic mass is 19.2. The van der Waals surface area contributed by atoms with Crippen molar-refractivity contribution in [3.05, 3.63) is 106 Å². The lowest BCUT2D eigenvalue weighted by Crippen LogP contribution is -2.50. The second-order valence-corrected chi connectivity index (χ2v) is 10.3. The van der Waals surface area contributed by atoms with Gasteiger partial charge in [0.1, 0.15) is 5.82 Å². The highest BCUT2D eigenvalue weighted by molar-refractivity contribution is 5.95. The molecule has 2 heterocycles. The quantitative estimate of drug-likeness (QED) is 0.431. The summed E-state index contributed by atoms with van der Waals surface area (Å²) in [6.07, 6.45) is 3.21. The van der Waals surface area contributed by atoms with Crippen LogP contribution in [0.4, 0.5) is 13.2 Å². The third-order valence-corrected chi connectivity index (χ3v) is 7.82. The molecule has 0 radical (unpaired) electrons. The maximum Gasteiger partial charge on any atom is 0.254 e. The smallest absolute Gasteiger partial charge is 0.254 e. The summed E-state index contributed by atoms with van der Waals surface area (Å²) < 4.78 is 41.1. The third kappa shape index (κ3) is 5.45. The van der Waals surface area contributed by atoms with Crippen molar-refractivity contribution in [2.24, 2.45) is 11.7 Å². The van der Waals surface area contributed by atoms with Gasteiger partial charge < -0.3 is 16.0 Å². The van der Waals surface area contributed by atoms with Gasteiger partial charge in [-0.25, -0.2) is 13.2 Å². The Hall–Kier alpha value is -3.65. The van der Waals surface area contributed by atoms with Crippen LogP contribution >= 0.6 is 0 Å². The Kier molecular flexibility index (Phi) is 7.51. The molecular weight excluding hydrogens is 491 g/mol. The molecular formula is C30H30F3N3O2. The number of hydrogen-bond acceptors (Lipinski definition) is 3. The van der Waals surface area contributed by atoms with Crippen LogP contribution in [0.2, 0.25) is 0 Å². The SMILES string of the molecule is N[C@H](Cc1cc(F)c(F)cc1F)C1CC2CC[C@H](C1)N2C(=O)c1cccc(CNC(=O)c2ccccc2)c1. The molecule has 198 valence electrons. The van der Waals surface area contributed by atoms with E-state index in [9.17, 15) is 22.8 Å². The Morgan fingerprint density at radius 3 is 2.24 bits per heavy atom. The van der Waals surface area contributed by atoms with Crippen LogP contribution in [0.5, 0.6) is 0 Å². The number of piperidine rings is 1. The van der Waals surface area contributed by atoms with Crippen molar-refractivity contribution in [1.82, 2.24) is 10.2 Å². The van der Waals surface area contributed by atoms with Gasteiger partial charge in [0.2, 0.25) is 0 Å². The second-order valence-electron chi connectivity index (χ2n) is 10.3. The number of nitrogens with zero attached hydrogens (tertiary/aromatic N) is 1. The molecule has 2 fully saturated rings. The first kappa shape index (κ1) is 26.0. The Labute approximate surface area is 219 Å². The van der Waals surface area contributed by atoms with Gasteiger partial charge in [0, 0.05) is 41.9 Å². The number of halogens is 3. The largest absolute Gasteiger partial charge is 0.348 e. The molecule has 3 N–H and O–H groups in total. The van der Waals surface area contributed by atoms with Crippen LogP contribution in [-0.4, -0.2) is 34.8 Å². The topological polar surface area (TPSA) is 75.4 Å². The molecule has 5 rings (SSSR count). The zero-order chi connectivity index (χ0) is 26.8. The molecule has 0 spiro atoms. The number of benzene rings is 3. The van der Waals surface area contributed by atoms with E-state index in [4.69, 9.17) is 5.73 Å². The minimum Gasteiger partial charge on any atom is -0.348 e. The molecule has 0 saturated carbocycles. The summed E-state index contributed by atoms with van der Waals surface area (Å²) in [5.74, 6) is -3.28. The van der Waals surface area contributed by atoms with E-state index < -0.39 is 23.5 Å². The van der Waals surface area contributed by atoms with Crippen molar-refractivity contribution >= 4 is 11.8 Å². The molecule has 5 nitrogen and oxygen atoms in total. The van der Waals surface area contributed by atoms with E-state index in [0.717, 1.165) is 24.5 Å². The average molecular weight is 522 g/mol. The Morgan fingerprint density at radius 1 is 0.868 bits per heavy atom. The molecule has 38 heavy (non-hydrogen) atoms. The van der Waals surface area contributed by atoms with Gasteiger partial charge in [0.25, 0.3) is 11.8 Å². The summed E-state index contributed by atoms with van der Waals surface area (Å²) >= 11 is 0. The molecule has 2 aliphatic rings. The predicted molar refractivity (Wildman–Crippen MR) is 138 cm³/mol. The van der Waals surface area contributed by atoms with Gasteiger partial charge in [-0.3, -0.25) is 9.59 Å². The minimum atomic E-state index is -1.22. The molecule has 2 amide bonds. The van der Waals surface area contributed by atoms with Crippen molar-refractivity contribution in [2.45, 2.75) is 56.8 Å². The number of nitrogens with two attached hydrogens (primary N) is 1. The van der Waals surface area contributed by atoms with Gasteiger partial charge in [-0.1, -0.05) is 30.3 Å². The first-order valence-electron chi connectivity index (χ1n) is 12.9. The monoisotopic (exact) mass is 521 g/mol. The first-order valence-corrected chi connectivity index (χ1v) is 12.9. The van der Waals surface area contributed by atoms with Crippen molar-refractivity contribution in [3.63, 3.8) is 0 Å². The van der Waals surface area contributed by atoms with Crippen LogP contribution in [0.3, 0.4) is 0 Å². The third-order valence-electron chi connectivity index (χ3n) is 7.82. The molecule has 2 aliphatic heterocycles. The molecule has 3 aromatic rings. The number of carbonyl (C=O) groups excluding carboxylic acids is 2. The minimum absolute atomic E-state index is 0.0218. The maximum atomic E-state index is 14.2. The molecule has 8 heteroatoms. The lowest BCUT2D eigenvalue weighted by atomic mass is 9.82. The fourth-order valence-corrected chi connectivity index (χ4v) is 5.88.